The molecule has 2 rings (SSSR count). The van der Waals surface area contributed by atoms with Crippen molar-refractivity contribution in [2.75, 3.05) is 24.7 Å². The van der Waals surface area contributed by atoms with Crippen molar-refractivity contribution in [3.05, 3.63) is 28.5 Å². The normalized spacial score (nSPS) is 10.2. The predicted molar refractivity (Wildman–Crippen MR) is 69.5 cm³/mol. The molecule has 2 aromatic rings. The maximum absolute atomic E-state index is 5.56. The molecule has 0 aliphatic rings. The lowest BCUT2D eigenvalue weighted by molar-refractivity contribution is 0.398. The van der Waals surface area contributed by atoms with Gasteiger partial charge in [0.1, 0.15) is 5.82 Å². The second-order valence-electron chi connectivity index (χ2n) is 3.46. The van der Waals surface area contributed by atoms with Crippen molar-refractivity contribution < 1.29 is 4.74 Å². The molecule has 0 amide bonds. The molecule has 0 radical (unpaired) electrons. The summed E-state index contributed by atoms with van der Waals surface area (Å²) in [5, 5.41) is 7.40. The first-order chi connectivity index (χ1) is 8.28. The van der Waals surface area contributed by atoms with Crippen LogP contribution in [0.2, 0.25) is 0 Å². The van der Waals surface area contributed by atoms with Crippen LogP contribution in [-0.4, -0.2) is 23.6 Å². The van der Waals surface area contributed by atoms with Crippen molar-refractivity contribution in [3.8, 4) is 5.88 Å². The summed E-state index contributed by atoms with van der Waals surface area (Å²) in [6, 6.07) is 3.84. The standard InChI is InChI=1S/C11H14N4OS/c1-16-10-6-9(14-11(12)15-10)13-4-2-8-3-5-17-7-8/h3,5-7H,2,4H2,1H3,(H3,12,13,14,15). The molecule has 0 spiro atoms. The average molecular weight is 250 g/mol. The smallest absolute Gasteiger partial charge is 0.225 e. The lowest BCUT2D eigenvalue weighted by Crippen LogP contribution is -2.08. The SMILES string of the molecule is COc1cc(NCCc2ccsc2)nc(N)n1. The van der Waals surface area contributed by atoms with Crippen molar-refractivity contribution in [1.29, 1.82) is 0 Å². The zero-order valence-corrected chi connectivity index (χ0v) is 10.3. The van der Waals surface area contributed by atoms with Crippen LogP contribution in [0.3, 0.4) is 0 Å². The first-order valence-electron chi connectivity index (χ1n) is 5.21. The molecule has 6 heteroatoms. The van der Waals surface area contributed by atoms with Crippen molar-refractivity contribution in [3.63, 3.8) is 0 Å². The Morgan fingerprint density at radius 1 is 1.47 bits per heavy atom. The van der Waals surface area contributed by atoms with Crippen molar-refractivity contribution >= 4 is 23.1 Å². The molecule has 2 heterocycles. The van der Waals surface area contributed by atoms with Crippen molar-refractivity contribution in [2.45, 2.75) is 6.42 Å². The van der Waals surface area contributed by atoms with E-state index in [1.165, 1.54) is 5.56 Å². The van der Waals surface area contributed by atoms with Crippen LogP contribution in [0.1, 0.15) is 5.56 Å². The zero-order chi connectivity index (χ0) is 12.1. The number of nitrogen functional groups attached to an aromatic ring is 1. The highest BCUT2D eigenvalue weighted by molar-refractivity contribution is 7.07. The molecule has 17 heavy (non-hydrogen) atoms. The number of rotatable bonds is 5. The van der Waals surface area contributed by atoms with E-state index in [0.717, 1.165) is 13.0 Å². The number of nitrogens with zero attached hydrogens (tertiary/aromatic N) is 2. The van der Waals surface area contributed by atoms with Crippen LogP contribution in [0.15, 0.2) is 22.9 Å². The summed E-state index contributed by atoms with van der Waals surface area (Å²) < 4.78 is 5.02. The van der Waals surface area contributed by atoms with E-state index in [-0.39, 0.29) is 5.95 Å². The molecule has 0 bridgehead atoms. The molecule has 0 aromatic carbocycles. The van der Waals surface area contributed by atoms with Gasteiger partial charge in [0.05, 0.1) is 7.11 Å². The van der Waals surface area contributed by atoms with Gasteiger partial charge in [0.2, 0.25) is 11.8 Å². The number of aromatic nitrogens is 2. The van der Waals surface area contributed by atoms with Crippen LogP contribution in [0.25, 0.3) is 0 Å². The van der Waals surface area contributed by atoms with Crippen LogP contribution in [-0.2, 0) is 6.42 Å². The lowest BCUT2D eigenvalue weighted by Gasteiger charge is -2.07. The Morgan fingerprint density at radius 3 is 3.06 bits per heavy atom. The molecule has 0 fully saturated rings. The average Bonchev–Trinajstić information content (AvgIpc) is 2.81. The largest absolute Gasteiger partial charge is 0.481 e. The Balaban J connectivity index is 1.92. The second-order valence-corrected chi connectivity index (χ2v) is 4.24. The van der Waals surface area contributed by atoms with Gasteiger partial charge in [-0.3, -0.25) is 0 Å². The Bertz CT molecular complexity index is 472. The number of hydrogen-bond donors (Lipinski definition) is 2. The number of nitrogens with one attached hydrogen (secondary N) is 1. The van der Waals surface area contributed by atoms with Gasteiger partial charge in [-0.05, 0) is 28.8 Å². The van der Waals surface area contributed by atoms with Crippen LogP contribution >= 0.6 is 11.3 Å². The van der Waals surface area contributed by atoms with E-state index in [1.54, 1.807) is 24.5 Å². The monoisotopic (exact) mass is 250 g/mol. The van der Waals surface area contributed by atoms with E-state index in [4.69, 9.17) is 10.5 Å². The number of nitrogens with two attached hydrogens (primary N) is 1. The van der Waals surface area contributed by atoms with E-state index >= 15 is 0 Å². The van der Waals surface area contributed by atoms with Crippen LogP contribution in [0.5, 0.6) is 5.88 Å². The fourth-order valence-electron chi connectivity index (χ4n) is 1.41. The third-order valence-electron chi connectivity index (χ3n) is 2.23. The van der Waals surface area contributed by atoms with E-state index in [0.29, 0.717) is 11.7 Å². The summed E-state index contributed by atoms with van der Waals surface area (Å²) in [6.07, 6.45) is 0.954. The van der Waals surface area contributed by atoms with Gasteiger partial charge in [0.15, 0.2) is 0 Å². The van der Waals surface area contributed by atoms with E-state index in [9.17, 15) is 0 Å². The Labute approximate surface area is 104 Å². The number of anilines is 2. The van der Waals surface area contributed by atoms with Crippen LogP contribution in [0, 0.1) is 0 Å². The topological polar surface area (TPSA) is 73.1 Å². The van der Waals surface area contributed by atoms with E-state index < -0.39 is 0 Å². The highest BCUT2D eigenvalue weighted by atomic mass is 32.1. The summed E-state index contributed by atoms with van der Waals surface area (Å²) in [4.78, 5) is 8.00. The predicted octanol–water partition coefficient (Wildman–Crippen LogP) is 1.78. The zero-order valence-electron chi connectivity index (χ0n) is 9.51. The summed E-state index contributed by atoms with van der Waals surface area (Å²) >= 11 is 1.70. The van der Waals surface area contributed by atoms with Gasteiger partial charge in [-0.15, -0.1) is 0 Å². The highest BCUT2D eigenvalue weighted by Gasteiger charge is 2.01. The number of ether oxygens (including phenoxy) is 1. The van der Waals surface area contributed by atoms with Gasteiger partial charge in [-0.25, -0.2) is 0 Å². The molecular formula is C11H14N4OS. The number of thiophene rings is 1. The lowest BCUT2D eigenvalue weighted by atomic mass is 10.2. The summed E-state index contributed by atoms with van der Waals surface area (Å²) in [5.41, 5.74) is 6.88. The van der Waals surface area contributed by atoms with Crippen LogP contribution in [0.4, 0.5) is 11.8 Å². The highest BCUT2D eigenvalue weighted by Crippen LogP contribution is 2.14. The molecular weight excluding hydrogens is 236 g/mol. The molecule has 0 aliphatic carbocycles. The molecule has 5 nitrogen and oxygen atoms in total. The second kappa shape index (κ2) is 5.49. The molecule has 0 aliphatic heterocycles. The third kappa shape index (κ3) is 3.32. The minimum Gasteiger partial charge on any atom is -0.481 e. The minimum absolute atomic E-state index is 0.211. The fraction of sp³-hybridized carbons (Fsp3) is 0.273. The van der Waals surface area contributed by atoms with E-state index in [2.05, 4.69) is 32.1 Å². The van der Waals surface area contributed by atoms with Crippen LogP contribution < -0.4 is 15.8 Å². The molecule has 90 valence electrons. The maximum Gasteiger partial charge on any atom is 0.225 e. The van der Waals surface area contributed by atoms with Gasteiger partial charge < -0.3 is 15.8 Å². The Hall–Kier alpha value is -1.82. The molecule has 2 aromatic heterocycles. The molecule has 0 unspecified atom stereocenters. The van der Waals surface area contributed by atoms with Crippen molar-refractivity contribution in [1.82, 2.24) is 9.97 Å². The number of methoxy groups -OCH3 is 1. The molecule has 3 N–H and O–H groups in total. The first kappa shape index (κ1) is 11.7. The fourth-order valence-corrected chi connectivity index (χ4v) is 2.11. The quantitative estimate of drug-likeness (QED) is 0.846. The maximum atomic E-state index is 5.56. The molecule has 0 saturated heterocycles. The van der Waals surface area contributed by atoms with Crippen molar-refractivity contribution in [2.24, 2.45) is 0 Å². The van der Waals surface area contributed by atoms with Gasteiger partial charge in [-0.2, -0.15) is 21.3 Å². The minimum atomic E-state index is 0.211. The third-order valence-corrected chi connectivity index (χ3v) is 2.96. The van der Waals surface area contributed by atoms with Gasteiger partial charge in [-0.1, -0.05) is 0 Å². The van der Waals surface area contributed by atoms with Gasteiger partial charge in [0.25, 0.3) is 0 Å². The van der Waals surface area contributed by atoms with Gasteiger partial charge >= 0.3 is 0 Å². The van der Waals surface area contributed by atoms with E-state index in [1.807, 2.05) is 0 Å². The van der Waals surface area contributed by atoms with Gasteiger partial charge in [0, 0.05) is 12.6 Å². The summed E-state index contributed by atoms with van der Waals surface area (Å²) in [6.45, 7) is 0.802. The Morgan fingerprint density at radius 2 is 2.35 bits per heavy atom. The summed E-state index contributed by atoms with van der Waals surface area (Å²) in [7, 11) is 1.55. The number of hydrogen-bond acceptors (Lipinski definition) is 6. The molecule has 0 atom stereocenters. The summed E-state index contributed by atoms with van der Waals surface area (Å²) in [5.74, 6) is 1.36. The molecule has 0 saturated carbocycles. The Kier molecular flexibility index (Phi) is 3.77. The first-order valence-corrected chi connectivity index (χ1v) is 6.15.